The van der Waals surface area contributed by atoms with Crippen LogP contribution in [0.5, 0.6) is 5.75 Å². The van der Waals surface area contributed by atoms with E-state index in [0.29, 0.717) is 0 Å². The highest BCUT2D eigenvalue weighted by Crippen LogP contribution is 2.39. The van der Waals surface area contributed by atoms with Crippen molar-refractivity contribution in [3.8, 4) is 5.75 Å². The highest BCUT2D eigenvalue weighted by atomic mass is 16.5. The number of benzene rings is 2. The monoisotopic (exact) mass is 371 g/mol. The molecule has 2 aromatic carbocycles. The first-order valence-corrected chi connectivity index (χ1v) is 9.49. The van der Waals surface area contributed by atoms with Gasteiger partial charge in [0.15, 0.2) is 5.66 Å². The third kappa shape index (κ3) is 3.09. The zero-order valence-electron chi connectivity index (χ0n) is 17.0. The van der Waals surface area contributed by atoms with Crippen LogP contribution in [0.25, 0.3) is 10.8 Å². The topological polar surface area (TPSA) is 46.8 Å². The van der Waals surface area contributed by atoms with Crippen molar-refractivity contribution in [3.05, 3.63) is 72.1 Å². The van der Waals surface area contributed by atoms with Gasteiger partial charge in [-0.25, -0.2) is 0 Å². The Balaban J connectivity index is 1.87. The molecule has 0 radical (unpaired) electrons. The Kier molecular flexibility index (Phi) is 4.30. The number of fused-ring (bicyclic) bond motifs is 1. The summed E-state index contributed by atoms with van der Waals surface area (Å²) in [5.74, 6) is 0.859. The SMILES string of the molecule is COc1ccc2cc(C3=NC(C)(C(C)(C)C)N=C3c3ccncc3)ccc2c1. The Bertz CT molecular complexity index is 1090. The molecule has 0 N–H and O–H groups in total. The first-order chi connectivity index (χ1) is 13.3. The predicted molar refractivity (Wildman–Crippen MR) is 116 cm³/mol. The molecule has 4 nitrogen and oxygen atoms in total. The van der Waals surface area contributed by atoms with Crippen LogP contribution in [-0.4, -0.2) is 29.2 Å². The van der Waals surface area contributed by atoms with Gasteiger partial charge in [-0.2, -0.15) is 0 Å². The van der Waals surface area contributed by atoms with Gasteiger partial charge >= 0.3 is 0 Å². The maximum Gasteiger partial charge on any atom is 0.153 e. The lowest BCUT2D eigenvalue weighted by atomic mass is 9.83. The first kappa shape index (κ1) is 18.4. The molecule has 1 aliphatic rings. The van der Waals surface area contributed by atoms with Gasteiger partial charge in [-0.3, -0.25) is 15.0 Å². The van der Waals surface area contributed by atoms with Crippen molar-refractivity contribution in [2.24, 2.45) is 15.4 Å². The van der Waals surface area contributed by atoms with Gasteiger partial charge in [0, 0.05) is 28.9 Å². The number of hydrogen-bond donors (Lipinski definition) is 0. The van der Waals surface area contributed by atoms with E-state index in [4.69, 9.17) is 14.7 Å². The Morgan fingerprint density at radius 2 is 1.39 bits per heavy atom. The molecule has 3 aromatic rings. The third-order valence-corrected chi connectivity index (χ3v) is 5.58. The zero-order chi connectivity index (χ0) is 19.9. The van der Waals surface area contributed by atoms with Crippen LogP contribution in [-0.2, 0) is 0 Å². The minimum absolute atomic E-state index is 0.1000. The van der Waals surface area contributed by atoms with Crippen LogP contribution in [0.2, 0.25) is 0 Å². The van der Waals surface area contributed by atoms with Crippen molar-refractivity contribution in [2.45, 2.75) is 33.4 Å². The molecule has 0 fully saturated rings. The average molecular weight is 371 g/mol. The molecule has 0 amide bonds. The lowest BCUT2D eigenvalue weighted by Crippen LogP contribution is -2.34. The number of hydrogen-bond acceptors (Lipinski definition) is 4. The zero-order valence-corrected chi connectivity index (χ0v) is 17.0. The molecule has 4 rings (SSSR count). The molecule has 142 valence electrons. The van der Waals surface area contributed by atoms with E-state index < -0.39 is 5.66 Å². The second-order valence-corrected chi connectivity index (χ2v) is 8.36. The van der Waals surface area contributed by atoms with Crippen LogP contribution >= 0.6 is 0 Å². The van der Waals surface area contributed by atoms with E-state index in [1.54, 1.807) is 19.5 Å². The van der Waals surface area contributed by atoms with E-state index in [9.17, 15) is 0 Å². The third-order valence-electron chi connectivity index (χ3n) is 5.58. The number of pyridine rings is 1. The highest BCUT2D eigenvalue weighted by molar-refractivity contribution is 6.54. The second-order valence-electron chi connectivity index (χ2n) is 8.36. The quantitative estimate of drug-likeness (QED) is 0.627. The molecule has 0 bridgehead atoms. The molecule has 0 spiro atoms. The summed E-state index contributed by atoms with van der Waals surface area (Å²) in [6.45, 7) is 8.65. The summed E-state index contributed by atoms with van der Waals surface area (Å²) < 4.78 is 5.34. The molecule has 1 unspecified atom stereocenters. The van der Waals surface area contributed by atoms with Gasteiger partial charge in [0.1, 0.15) is 5.75 Å². The number of ether oxygens (including phenoxy) is 1. The van der Waals surface area contributed by atoms with Crippen molar-refractivity contribution in [3.63, 3.8) is 0 Å². The molecule has 4 heteroatoms. The predicted octanol–water partition coefficient (Wildman–Crippen LogP) is 5.30. The first-order valence-electron chi connectivity index (χ1n) is 9.49. The van der Waals surface area contributed by atoms with Gasteiger partial charge in [-0.1, -0.05) is 39.0 Å². The van der Waals surface area contributed by atoms with Crippen LogP contribution in [0.15, 0.2) is 70.9 Å². The van der Waals surface area contributed by atoms with E-state index >= 15 is 0 Å². The molecular formula is C24H25N3O. The summed E-state index contributed by atoms with van der Waals surface area (Å²) in [6, 6.07) is 16.5. The number of aromatic nitrogens is 1. The Morgan fingerprint density at radius 3 is 2.04 bits per heavy atom. The highest BCUT2D eigenvalue weighted by Gasteiger charge is 2.42. The summed E-state index contributed by atoms with van der Waals surface area (Å²) >= 11 is 0. The van der Waals surface area contributed by atoms with Crippen molar-refractivity contribution >= 4 is 22.2 Å². The van der Waals surface area contributed by atoms with Crippen LogP contribution in [0.4, 0.5) is 0 Å². The van der Waals surface area contributed by atoms with Crippen LogP contribution in [0.3, 0.4) is 0 Å². The average Bonchev–Trinajstić information content (AvgIpc) is 3.07. The largest absolute Gasteiger partial charge is 0.497 e. The smallest absolute Gasteiger partial charge is 0.153 e. The lowest BCUT2D eigenvalue weighted by molar-refractivity contribution is 0.226. The van der Waals surface area contributed by atoms with Gasteiger partial charge in [-0.05, 0) is 48.0 Å². The summed E-state index contributed by atoms with van der Waals surface area (Å²) in [5, 5.41) is 2.29. The number of aliphatic imine (C=N–C) groups is 2. The number of nitrogens with zero attached hydrogens (tertiary/aromatic N) is 3. The maximum atomic E-state index is 5.34. The van der Waals surface area contributed by atoms with E-state index in [1.165, 1.54) is 0 Å². The fraction of sp³-hybridized carbons (Fsp3) is 0.292. The molecule has 2 heterocycles. The summed E-state index contributed by atoms with van der Waals surface area (Å²) in [7, 11) is 1.69. The fourth-order valence-electron chi connectivity index (χ4n) is 3.31. The molecule has 28 heavy (non-hydrogen) atoms. The van der Waals surface area contributed by atoms with Gasteiger partial charge < -0.3 is 4.74 Å². The van der Waals surface area contributed by atoms with Crippen LogP contribution < -0.4 is 4.74 Å². The van der Waals surface area contributed by atoms with E-state index in [2.05, 4.69) is 56.9 Å². The second kappa shape index (κ2) is 6.55. The van der Waals surface area contributed by atoms with Gasteiger partial charge in [0.2, 0.25) is 0 Å². The minimum Gasteiger partial charge on any atom is -0.497 e. The molecule has 1 atom stereocenters. The van der Waals surface area contributed by atoms with Crippen molar-refractivity contribution in [1.29, 1.82) is 0 Å². The lowest BCUT2D eigenvalue weighted by Gasteiger charge is -2.32. The number of rotatable bonds is 3. The number of methoxy groups -OCH3 is 1. The molecule has 0 saturated carbocycles. The van der Waals surface area contributed by atoms with Crippen LogP contribution in [0.1, 0.15) is 38.8 Å². The van der Waals surface area contributed by atoms with Crippen molar-refractivity contribution in [1.82, 2.24) is 4.98 Å². The van der Waals surface area contributed by atoms with Gasteiger partial charge in [0.25, 0.3) is 0 Å². The van der Waals surface area contributed by atoms with E-state index in [0.717, 1.165) is 39.1 Å². The Hall–Kier alpha value is -3.01. The van der Waals surface area contributed by atoms with Crippen molar-refractivity contribution in [2.75, 3.05) is 7.11 Å². The summed E-state index contributed by atoms with van der Waals surface area (Å²) in [4.78, 5) is 14.4. The minimum atomic E-state index is -0.518. The standard InChI is InChI=1S/C24H25N3O/c1-23(2,3)24(4)26-21(16-10-12-25-13-11-16)22(27-24)19-7-6-18-15-20(28-5)9-8-17(18)14-19/h6-15H,1-5H3. The van der Waals surface area contributed by atoms with E-state index in [-0.39, 0.29) is 5.41 Å². The van der Waals surface area contributed by atoms with Gasteiger partial charge in [0.05, 0.1) is 18.5 Å². The van der Waals surface area contributed by atoms with Crippen LogP contribution in [0, 0.1) is 5.41 Å². The summed E-state index contributed by atoms with van der Waals surface area (Å²) in [5.41, 5.74) is 3.35. The molecule has 0 saturated heterocycles. The summed E-state index contributed by atoms with van der Waals surface area (Å²) in [6.07, 6.45) is 3.60. The van der Waals surface area contributed by atoms with Gasteiger partial charge in [-0.15, -0.1) is 0 Å². The normalized spacial score (nSPS) is 19.5. The fourth-order valence-corrected chi connectivity index (χ4v) is 3.31. The van der Waals surface area contributed by atoms with Crippen molar-refractivity contribution < 1.29 is 4.74 Å². The Morgan fingerprint density at radius 1 is 0.786 bits per heavy atom. The Labute approximate surface area is 166 Å². The maximum absolute atomic E-state index is 5.34. The molecular weight excluding hydrogens is 346 g/mol. The molecule has 0 aliphatic carbocycles. The molecule has 1 aromatic heterocycles. The van der Waals surface area contributed by atoms with E-state index in [1.807, 2.05) is 24.3 Å². The molecule has 1 aliphatic heterocycles.